The Labute approximate surface area is 165 Å². The summed E-state index contributed by atoms with van der Waals surface area (Å²) >= 11 is 0. The molecule has 3 amide bonds. The smallest absolute Gasteiger partial charge is 0.244 e. The molecule has 0 spiro atoms. The van der Waals surface area contributed by atoms with Crippen LogP contribution in [0.4, 0.5) is 11.4 Å². The van der Waals surface area contributed by atoms with Gasteiger partial charge in [0.05, 0.1) is 11.4 Å². The number of para-hydroxylation sites is 2. The topological polar surface area (TPSA) is 69.7 Å². The molecule has 1 N–H and O–H groups in total. The van der Waals surface area contributed by atoms with Crippen molar-refractivity contribution in [3.63, 3.8) is 0 Å². The van der Waals surface area contributed by atoms with Crippen LogP contribution in [-0.4, -0.2) is 42.3 Å². The molecule has 28 heavy (non-hydrogen) atoms. The van der Waals surface area contributed by atoms with E-state index in [0.717, 1.165) is 6.42 Å². The molecule has 0 radical (unpaired) electrons. The third kappa shape index (κ3) is 4.76. The minimum Gasteiger partial charge on any atom is -0.343 e. The molecule has 6 nitrogen and oxygen atoms in total. The van der Waals surface area contributed by atoms with Crippen LogP contribution in [0, 0.1) is 0 Å². The van der Waals surface area contributed by atoms with Gasteiger partial charge in [-0.2, -0.15) is 0 Å². The maximum absolute atomic E-state index is 12.7. The summed E-state index contributed by atoms with van der Waals surface area (Å²) < 4.78 is 0. The van der Waals surface area contributed by atoms with Crippen LogP contribution in [0.25, 0.3) is 0 Å². The fourth-order valence-corrected chi connectivity index (χ4v) is 3.33. The van der Waals surface area contributed by atoms with E-state index in [2.05, 4.69) is 5.32 Å². The van der Waals surface area contributed by atoms with Crippen molar-refractivity contribution in [2.45, 2.75) is 26.2 Å². The van der Waals surface area contributed by atoms with Crippen LogP contribution in [0.1, 0.15) is 25.3 Å². The van der Waals surface area contributed by atoms with Crippen molar-refractivity contribution in [3.8, 4) is 0 Å². The van der Waals surface area contributed by atoms with Gasteiger partial charge in [0.2, 0.25) is 17.7 Å². The van der Waals surface area contributed by atoms with E-state index < -0.39 is 0 Å². The van der Waals surface area contributed by atoms with E-state index in [4.69, 9.17) is 0 Å². The molecule has 146 valence electrons. The largest absolute Gasteiger partial charge is 0.343 e. The third-order valence-electron chi connectivity index (χ3n) is 4.87. The van der Waals surface area contributed by atoms with Crippen LogP contribution in [0.15, 0.2) is 54.6 Å². The Morgan fingerprint density at radius 2 is 1.75 bits per heavy atom. The number of carbonyl (C=O) groups is 3. The van der Waals surface area contributed by atoms with Crippen molar-refractivity contribution < 1.29 is 14.4 Å². The average Bonchev–Trinajstić information content (AvgIpc) is 2.72. The molecule has 0 aliphatic carbocycles. The summed E-state index contributed by atoms with van der Waals surface area (Å²) in [5.74, 6) is -0.479. The summed E-state index contributed by atoms with van der Waals surface area (Å²) in [7, 11) is 0. The zero-order chi connectivity index (χ0) is 19.9. The van der Waals surface area contributed by atoms with Crippen molar-refractivity contribution in [3.05, 3.63) is 60.2 Å². The molecule has 0 saturated carbocycles. The number of nitrogens with one attached hydrogen (secondary N) is 1. The highest BCUT2D eigenvalue weighted by Gasteiger charge is 2.27. The van der Waals surface area contributed by atoms with Crippen LogP contribution in [0.2, 0.25) is 0 Å². The standard InChI is InChI=1S/C22H25N3O3/c1-2-24(15-14-17-8-4-3-5-9-17)21(27)12-13-22(28)25-16-20(26)23-18-10-6-7-11-19(18)25/h3-11H,2,12-16H2,1H3,(H,23,26). The van der Waals surface area contributed by atoms with Crippen molar-refractivity contribution in [1.82, 2.24) is 4.90 Å². The number of carbonyl (C=O) groups excluding carboxylic acids is 3. The molecule has 3 rings (SSSR count). The maximum atomic E-state index is 12.7. The highest BCUT2D eigenvalue weighted by Crippen LogP contribution is 2.29. The Hall–Kier alpha value is -3.15. The Kier molecular flexibility index (Phi) is 6.42. The summed E-state index contributed by atoms with van der Waals surface area (Å²) in [4.78, 5) is 40.4. The molecule has 2 aromatic carbocycles. The van der Waals surface area contributed by atoms with E-state index in [1.165, 1.54) is 10.5 Å². The fourth-order valence-electron chi connectivity index (χ4n) is 3.33. The van der Waals surface area contributed by atoms with Gasteiger partial charge in [-0.05, 0) is 31.0 Å². The highest BCUT2D eigenvalue weighted by atomic mass is 16.2. The molecule has 0 bridgehead atoms. The number of nitrogens with zero attached hydrogens (tertiary/aromatic N) is 2. The van der Waals surface area contributed by atoms with Gasteiger partial charge in [-0.15, -0.1) is 0 Å². The predicted molar refractivity (Wildman–Crippen MR) is 109 cm³/mol. The Bertz CT molecular complexity index is 851. The number of rotatable bonds is 7. The molecule has 0 unspecified atom stereocenters. The predicted octanol–water partition coefficient (Wildman–Crippen LogP) is 2.84. The average molecular weight is 379 g/mol. The Balaban J connectivity index is 1.56. The number of hydrogen-bond donors (Lipinski definition) is 1. The third-order valence-corrected chi connectivity index (χ3v) is 4.87. The molecule has 0 aromatic heterocycles. The second kappa shape index (κ2) is 9.17. The monoisotopic (exact) mass is 379 g/mol. The lowest BCUT2D eigenvalue weighted by molar-refractivity contribution is -0.133. The lowest BCUT2D eigenvalue weighted by Crippen LogP contribution is -2.42. The van der Waals surface area contributed by atoms with Gasteiger partial charge in [-0.25, -0.2) is 0 Å². The molecule has 1 aliphatic rings. The van der Waals surface area contributed by atoms with Crippen molar-refractivity contribution in [1.29, 1.82) is 0 Å². The molecule has 2 aromatic rings. The first kappa shape index (κ1) is 19.6. The number of benzene rings is 2. The van der Waals surface area contributed by atoms with Gasteiger partial charge in [0.1, 0.15) is 6.54 Å². The van der Waals surface area contributed by atoms with Crippen LogP contribution in [0.5, 0.6) is 0 Å². The molecule has 6 heteroatoms. The number of fused-ring (bicyclic) bond motifs is 1. The Morgan fingerprint density at radius 3 is 2.50 bits per heavy atom. The summed E-state index contributed by atoms with van der Waals surface area (Å²) in [6.45, 7) is 3.16. The molecule has 0 atom stereocenters. The fraction of sp³-hybridized carbons (Fsp3) is 0.318. The SMILES string of the molecule is CCN(CCc1ccccc1)C(=O)CCC(=O)N1CC(=O)Nc2ccccc21. The summed E-state index contributed by atoms with van der Waals surface area (Å²) in [5, 5.41) is 2.76. The van der Waals surface area contributed by atoms with Crippen molar-refractivity contribution in [2.75, 3.05) is 29.9 Å². The normalized spacial score (nSPS) is 12.9. The van der Waals surface area contributed by atoms with Gasteiger partial charge in [0.15, 0.2) is 0 Å². The van der Waals surface area contributed by atoms with Crippen LogP contribution >= 0.6 is 0 Å². The number of anilines is 2. The number of amides is 3. The van der Waals surface area contributed by atoms with Crippen molar-refractivity contribution in [2.24, 2.45) is 0 Å². The van der Waals surface area contributed by atoms with E-state index in [1.807, 2.05) is 49.4 Å². The first-order valence-corrected chi connectivity index (χ1v) is 9.59. The summed E-state index contributed by atoms with van der Waals surface area (Å²) in [6, 6.07) is 17.2. The zero-order valence-corrected chi connectivity index (χ0v) is 16.1. The first-order chi connectivity index (χ1) is 13.6. The minimum absolute atomic E-state index is 0.0183. The second-order valence-electron chi connectivity index (χ2n) is 6.75. The lowest BCUT2D eigenvalue weighted by Gasteiger charge is -2.29. The van der Waals surface area contributed by atoms with E-state index in [-0.39, 0.29) is 37.1 Å². The van der Waals surface area contributed by atoms with Crippen molar-refractivity contribution >= 4 is 29.1 Å². The summed E-state index contributed by atoms with van der Waals surface area (Å²) in [6.07, 6.45) is 1.01. The second-order valence-corrected chi connectivity index (χ2v) is 6.75. The lowest BCUT2D eigenvalue weighted by atomic mass is 10.1. The zero-order valence-electron chi connectivity index (χ0n) is 16.1. The van der Waals surface area contributed by atoms with E-state index in [9.17, 15) is 14.4 Å². The van der Waals surface area contributed by atoms with Gasteiger partial charge in [-0.3, -0.25) is 14.4 Å². The number of likely N-dealkylation sites (N-methyl/N-ethyl adjacent to an activating group) is 1. The highest BCUT2D eigenvalue weighted by molar-refractivity contribution is 6.10. The van der Waals surface area contributed by atoms with Gasteiger partial charge in [0.25, 0.3) is 0 Å². The Morgan fingerprint density at radius 1 is 1.04 bits per heavy atom. The minimum atomic E-state index is -0.226. The van der Waals surface area contributed by atoms with Crippen LogP contribution in [0.3, 0.4) is 0 Å². The van der Waals surface area contributed by atoms with Gasteiger partial charge < -0.3 is 15.1 Å². The molecular formula is C22H25N3O3. The molecule has 0 saturated heterocycles. The summed E-state index contributed by atoms with van der Waals surface area (Å²) in [5.41, 5.74) is 2.48. The quantitative estimate of drug-likeness (QED) is 0.804. The molecule has 1 aliphatic heterocycles. The number of hydrogen-bond acceptors (Lipinski definition) is 3. The van der Waals surface area contributed by atoms with Gasteiger partial charge >= 0.3 is 0 Å². The van der Waals surface area contributed by atoms with Crippen LogP contribution in [-0.2, 0) is 20.8 Å². The van der Waals surface area contributed by atoms with E-state index in [0.29, 0.717) is 24.5 Å². The van der Waals surface area contributed by atoms with E-state index in [1.54, 1.807) is 17.0 Å². The first-order valence-electron chi connectivity index (χ1n) is 9.59. The van der Waals surface area contributed by atoms with Gasteiger partial charge in [0, 0.05) is 25.9 Å². The molecular weight excluding hydrogens is 354 g/mol. The van der Waals surface area contributed by atoms with Gasteiger partial charge in [-0.1, -0.05) is 42.5 Å². The van der Waals surface area contributed by atoms with Crippen LogP contribution < -0.4 is 10.2 Å². The maximum Gasteiger partial charge on any atom is 0.244 e. The molecule has 0 fully saturated rings. The molecule has 1 heterocycles. The van der Waals surface area contributed by atoms with E-state index >= 15 is 0 Å².